The van der Waals surface area contributed by atoms with E-state index in [0.29, 0.717) is 12.2 Å². The maximum Gasteiger partial charge on any atom is 0.319 e. The van der Waals surface area contributed by atoms with E-state index in [4.69, 9.17) is 4.74 Å². The normalized spacial score (nSPS) is 17.2. The van der Waals surface area contributed by atoms with Crippen molar-refractivity contribution in [1.82, 2.24) is 14.8 Å². The van der Waals surface area contributed by atoms with E-state index >= 15 is 0 Å². The molecule has 1 aliphatic rings. The zero-order valence-electron chi connectivity index (χ0n) is 12.5. The fraction of sp³-hybridized carbons (Fsp3) is 0.571. The van der Waals surface area contributed by atoms with Gasteiger partial charge in [0.25, 0.3) is 0 Å². The highest BCUT2D eigenvalue weighted by Gasteiger charge is 2.17. The molecule has 2 heterocycles. The molecule has 21 heavy (non-hydrogen) atoms. The van der Waals surface area contributed by atoms with Crippen molar-refractivity contribution in [3.63, 3.8) is 0 Å². The molecule has 7 nitrogen and oxygen atoms in total. The highest BCUT2D eigenvalue weighted by molar-refractivity contribution is 5.88. The van der Waals surface area contributed by atoms with E-state index < -0.39 is 0 Å². The van der Waals surface area contributed by atoms with E-state index in [2.05, 4.69) is 22.5 Å². The lowest BCUT2D eigenvalue weighted by Gasteiger charge is -2.32. The summed E-state index contributed by atoms with van der Waals surface area (Å²) in [6.07, 6.45) is 1.59. The lowest BCUT2D eigenvalue weighted by Crippen LogP contribution is -2.47. The fourth-order valence-corrected chi connectivity index (χ4v) is 2.23. The van der Waals surface area contributed by atoms with E-state index in [9.17, 15) is 9.59 Å². The van der Waals surface area contributed by atoms with Crippen molar-refractivity contribution in [3.05, 3.63) is 28.7 Å². The maximum atomic E-state index is 11.8. The molecular formula is C14H22N4O3. The van der Waals surface area contributed by atoms with Crippen molar-refractivity contribution in [1.29, 1.82) is 0 Å². The van der Waals surface area contributed by atoms with Crippen LogP contribution in [0.4, 0.5) is 10.5 Å². The molecule has 0 radical (unpaired) electrons. The van der Waals surface area contributed by atoms with E-state index in [-0.39, 0.29) is 17.6 Å². The van der Waals surface area contributed by atoms with Gasteiger partial charge < -0.3 is 19.9 Å². The van der Waals surface area contributed by atoms with Gasteiger partial charge in [-0.15, -0.1) is 0 Å². The molecule has 1 aromatic heterocycles. The molecule has 0 aromatic carbocycles. The number of rotatable bonds is 4. The van der Waals surface area contributed by atoms with Gasteiger partial charge in [-0.05, 0) is 13.0 Å². The van der Waals surface area contributed by atoms with Crippen LogP contribution in [0.3, 0.4) is 0 Å². The second-order valence-corrected chi connectivity index (χ2v) is 5.20. The molecule has 1 unspecified atom stereocenters. The predicted octanol–water partition coefficient (Wildman–Crippen LogP) is 0.228. The summed E-state index contributed by atoms with van der Waals surface area (Å²) in [5.74, 6) is 0. The molecule has 2 rings (SSSR count). The number of aromatic nitrogens is 1. The summed E-state index contributed by atoms with van der Waals surface area (Å²) in [6, 6.07) is 3.01. The Morgan fingerprint density at radius 3 is 2.76 bits per heavy atom. The third-order valence-electron chi connectivity index (χ3n) is 3.57. The molecule has 7 heteroatoms. The van der Waals surface area contributed by atoms with Gasteiger partial charge in [-0.2, -0.15) is 0 Å². The Labute approximate surface area is 123 Å². The Morgan fingerprint density at radius 1 is 1.38 bits per heavy atom. The monoisotopic (exact) mass is 294 g/mol. The summed E-state index contributed by atoms with van der Waals surface area (Å²) >= 11 is 0. The van der Waals surface area contributed by atoms with Gasteiger partial charge in [0.1, 0.15) is 0 Å². The zero-order chi connectivity index (χ0) is 15.2. The average Bonchev–Trinajstić information content (AvgIpc) is 2.49. The number of nitrogens with zero attached hydrogens (tertiary/aromatic N) is 2. The molecule has 1 fully saturated rings. The first kappa shape index (κ1) is 15.5. The number of aryl methyl sites for hydroxylation is 1. The van der Waals surface area contributed by atoms with E-state index in [0.717, 1.165) is 26.3 Å². The summed E-state index contributed by atoms with van der Waals surface area (Å²) in [7, 11) is 1.64. The van der Waals surface area contributed by atoms with Gasteiger partial charge in [-0.25, -0.2) is 4.79 Å². The van der Waals surface area contributed by atoms with Gasteiger partial charge in [-0.3, -0.25) is 9.69 Å². The molecule has 1 aromatic rings. The zero-order valence-corrected chi connectivity index (χ0v) is 12.5. The maximum absolute atomic E-state index is 11.8. The molecular weight excluding hydrogens is 272 g/mol. The summed E-state index contributed by atoms with van der Waals surface area (Å²) in [5.41, 5.74) is 0.482. The number of nitrogens with one attached hydrogen (secondary N) is 2. The topological polar surface area (TPSA) is 75.6 Å². The molecule has 0 saturated carbocycles. The van der Waals surface area contributed by atoms with Crippen molar-refractivity contribution in [2.45, 2.75) is 13.0 Å². The fourth-order valence-electron chi connectivity index (χ4n) is 2.23. The largest absolute Gasteiger partial charge is 0.379 e. The standard InChI is InChI=1S/C14H22N4O3/c1-11(18-5-7-21-8-6-18)9-15-14(20)16-12-3-4-13(19)17(2)10-12/h3-4,10-11H,5-9H2,1-2H3,(H2,15,16,20). The van der Waals surface area contributed by atoms with Crippen molar-refractivity contribution in [3.8, 4) is 0 Å². The van der Waals surface area contributed by atoms with Crippen LogP contribution in [0, 0.1) is 0 Å². The van der Waals surface area contributed by atoms with Crippen LogP contribution in [0.2, 0.25) is 0 Å². The Morgan fingerprint density at radius 2 is 2.10 bits per heavy atom. The van der Waals surface area contributed by atoms with Crippen LogP contribution in [0.25, 0.3) is 0 Å². The van der Waals surface area contributed by atoms with Gasteiger partial charge in [-0.1, -0.05) is 0 Å². The van der Waals surface area contributed by atoms with Crippen LogP contribution in [-0.2, 0) is 11.8 Å². The SMILES string of the molecule is CC(CNC(=O)Nc1ccc(=O)n(C)c1)N1CCOCC1. The molecule has 2 amide bonds. The molecule has 1 atom stereocenters. The Kier molecular flexibility index (Phi) is 5.35. The number of ether oxygens (including phenoxy) is 1. The van der Waals surface area contributed by atoms with Crippen molar-refractivity contribution in [2.24, 2.45) is 7.05 Å². The second-order valence-electron chi connectivity index (χ2n) is 5.20. The second kappa shape index (κ2) is 7.24. The summed E-state index contributed by atoms with van der Waals surface area (Å²) in [5, 5.41) is 5.56. The van der Waals surface area contributed by atoms with Crippen LogP contribution in [-0.4, -0.2) is 54.4 Å². The highest BCUT2D eigenvalue weighted by atomic mass is 16.5. The van der Waals surface area contributed by atoms with Gasteiger partial charge in [0.2, 0.25) is 5.56 Å². The predicted molar refractivity (Wildman–Crippen MR) is 80.6 cm³/mol. The average molecular weight is 294 g/mol. The number of hydrogen-bond donors (Lipinski definition) is 2. The van der Waals surface area contributed by atoms with Crippen LogP contribution in [0.1, 0.15) is 6.92 Å². The van der Waals surface area contributed by atoms with Crippen LogP contribution >= 0.6 is 0 Å². The third kappa shape index (κ3) is 4.57. The van der Waals surface area contributed by atoms with E-state index in [1.165, 1.54) is 10.6 Å². The number of morpholine rings is 1. The molecule has 0 bridgehead atoms. The number of anilines is 1. The number of pyridine rings is 1. The van der Waals surface area contributed by atoms with Crippen LogP contribution < -0.4 is 16.2 Å². The van der Waals surface area contributed by atoms with Crippen molar-refractivity contribution >= 4 is 11.7 Å². The van der Waals surface area contributed by atoms with Crippen molar-refractivity contribution in [2.75, 3.05) is 38.2 Å². The minimum absolute atomic E-state index is 0.109. The Balaban J connectivity index is 1.78. The highest BCUT2D eigenvalue weighted by Crippen LogP contribution is 2.04. The number of amides is 2. The Bertz CT molecular complexity index is 537. The van der Waals surface area contributed by atoms with Gasteiger partial charge in [0.05, 0.1) is 18.9 Å². The molecule has 116 valence electrons. The minimum atomic E-state index is -0.270. The van der Waals surface area contributed by atoms with Gasteiger partial charge >= 0.3 is 6.03 Å². The number of carbonyl (C=O) groups excluding carboxylic acids is 1. The Hall–Kier alpha value is -1.86. The number of urea groups is 1. The summed E-state index contributed by atoms with van der Waals surface area (Å²) in [4.78, 5) is 25.4. The van der Waals surface area contributed by atoms with Crippen molar-refractivity contribution < 1.29 is 9.53 Å². The van der Waals surface area contributed by atoms with E-state index in [1.54, 1.807) is 19.3 Å². The van der Waals surface area contributed by atoms with Gasteiger partial charge in [0.15, 0.2) is 0 Å². The van der Waals surface area contributed by atoms with Crippen LogP contribution in [0.15, 0.2) is 23.1 Å². The quantitative estimate of drug-likeness (QED) is 0.833. The van der Waals surface area contributed by atoms with Gasteiger partial charge in [0, 0.05) is 45.0 Å². The lowest BCUT2D eigenvalue weighted by atomic mass is 10.2. The lowest BCUT2D eigenvalue weighted by molar-refractivity contribution is 0.0209. The molecule has 0 aliphatic carbocycles. The smallest absolute Gasteiger partial charge is 0.319 e. The number of hydrogen-bond acceptors (Lipinski definition) is 4. The number of carbonyl (C=O) groups is 1. The third-order valence-corrected chi connectivity index (χ3v) is 3.57. The first-order chi connectivity index (χ1) is 10.1. The van der Waals surface area contributed by atoms with Crippen LogP contribution in [0.5, 0.6) is 0 Å². The first-order valence-corrected chi connectivity index (χ1v) is 7.09. The molecule has 0 spiro atoms. The summed E-state index contributed by atoms with van der Waals surface area (Å²) in [6.45, 7) is 5.93. The molecule has 2 N–H and O–H groups in total. The summed E-state index contributed by atoms with van der Waals surface area (Å²) < 4.78 is 6.73. The minimum Gasteiger partial charge on any atom is -0.379 e. The molecule has 1 aliphatic heterocycles. The first-order valence-electron chi connectivity index (χ1n) is 7.09. The molecule has 1 saturated heterocycles. The van der Waals surface area contributed by atoms with E-state index in [1.807, 2.05) is 0 Å².